The maximum Gasteiger partial charge on any atom is 0.573 e. The zero-order valence-corrected chi connectivity index (χ0v) is 15.3. The summed E-state index contributed by atoms with van der Waals surface area (Å²) in [5.74, 6) is -0.176. The van der Waals surface area contributed by atoms with Crippen molar-refractivity contribution in [1.82, 2.24) is 0 Å². The summed E-state index contributed by atoms with van der Waals surface area (Å²) in [5, 5.41) is 0. The van der Waals surface area contributed by atoms with E-state index in [1.165, 1.54) is 55.4 Å². The van der Waals surface area contributed by atoms with Gasteiger partial charge in [-0.2, -0.15) is 0 Å². The largest absolute Gasteiger partial charge is 0.573 e. The number of ether oxygens (including phenoxy) is 1. The zero-order chi connectivity index (χ0) is 18.8. The molecule has 0 saturated heterocycles. The van der Waals surface area contributed by atoms with Gasteiger partial charge in [0.1, 0.15) is 5.75 Å². The molecule has 4 heteroatoms. The minimum Gasteiger partial charge on any atom is -0.406 e. The van der Waals surface area contributed by atoms with Crippen molar-refractivity contribution in [3.8, 4) is 5.75 Å². The van der Waals surface area contributed by atoms with E-state index in [1.54, 1.807) is 12.1 Å². The fraction of sp³-hybridized carbons (Fsp3) is 0.455. The van der Waals surface area contributed by atoms with Gasteiger partial charge in [-0.25, -0.2) is 0 Å². The number of hydrogen-bond donors (Lipinski definition) is 0. The molecule has 0 saturated carbocycles. The Kier molecular flexibility index (Phi) is 8.02. The highest BCUT2D eigenvalue weighted by atomic mass is 19.4. The average Bonchev–Trinajstić information content (AvgIpc) is 2.61. The van der Waals surface area contributed by atoms with Gasteiger partial charge in [-0.15, -0.1) is 13.2 Å². The van der Waals surface area contributed by atoms with E-state index in [-0.39, 0.29) is 5.75 Å². The summed E-state index contributed by atoms with van der Waals surface area (Å²) in [6, 6.07) is 14.8. The van der Waals surface area contributed by atoms with E-state index in [9.17, 15) is 13.2 Å². The fourth-order valence-corrected chi connectivity index (χ4v) is 2.95. The first-order valence-electron chi connectivity index (χ1n) is 9.39. The Morgan fingerprint density at radius 1 is 0.654 bits per heavy atom. The lowest BCUT2D eigenvalue weighted by atomic mass is 10.0. The molecule has 0 unspecified atom stereocenters. The topological polar surface area (TPSA) is 9.23 Å². The molecule has 142 valence electrons. The maximum atomic E-state index is 12.2. The van der Waals surface area contributed by atoms with Gasteiger partial charge in [-0.05, 0) is 54.5 Å². The second kappa shape index (κ2) is 10.2. The lowest BCUT2D eigenvalue weighted by molar-refractivity contribution is -0.274. The van der Waals surface area contributed by atoms with Crippen molar-refractivity contribution in [2.75, 3.05) is 0 Å². The number of rotatable bonds is 10. The van der Waals surface area contributed by atoms with Crippen molar-refractivity contribution < 1.29 is 17.9 Å². The van der Waals surface area contributed by atoms with Gasteiger partial charge in [0, 0.05) is 0 Å². The molecule has 0 radical (unpaired) electrons. The van der Waals surface area contributed by atoms with Gasteiger partial charge >= 0.3 is 6.36 Å². The number of aryl methyl sites for hydroxylation is 3. The first kappa shape index (κ1) is 20.3. The third-order valence-electron chi connectivity index (χ3n) is 4.45. The molecule has 0 aliphatic carbocycles. The van der Waals surface area contributed by atoms with Crippen LogP contribution >= 0.6 is 0 Å². The Bertz CT molecular complexity index is 630. The molecule has 0 heterocycles. The van der Waals surface area contributed by atoms with Gasteiger partial charge in [-0.3, -0.25) is 0 Å². The molecular formula is C22H27F3O. The van der Waals surface area contributed by atoms with Crippen LogP contribution in [0.2, 0.25) is 0 Å². The highest BCUT2D eigenvalue weighted by molar-refractivity contribution is 5.29. The van der Waals surface area contributed by atoms with Crippen LogP contribution in [0.25, 0.3) is 0 Å². The van der Waals surface area contributed by atoms with Crippen molar-refractivity contribution in [2.45, 2.75) is 64.7 Å². The van der Waals surface area contributed by atoms with Crippen molar-refractivity contribution in [3.63, 3.8) is 0 Å². The quantitative estimate of drug-likeness (QED) is 0.417. The van der Waals surface area contributed by atoms with Crippen LogP contribution in [0.3, 0.4) is 0 Å². The summed E-state index contributed by atoms with van der Waals surface area (Å²) in [6.45, 7) is 2.23. The number of halogens is 3. The van der Waals surface area contributed by atoms with Gasteiger partial charge in [0.2, 0.25) is 0 Å². The number of unbranched alkanes of at least 4 members (excludes halogenated alkanes) is 4. The minimum atomic E-state index is -4.64. The summed E-state index contributed by atoms with van der Waals surface area (Å²) < 4.78 is 40.3. The smallest absolute Gasteiger partial charge is 0.406 e. The molecule has 0 amide bonds. The van der Waals surface area contributed by atoms with Crippen LogP contribution in [0.4, 0.5) is 13.2 Å². The molecule has 0 aliphatic heterocycles. The molecule has 0 fully saturated rings. The predicted molar refractivity (Wildman–Crippen MR) is 99.4 cm³/mol. The van der Waals surface area contributed by atoms with E-state index in [1.807, 2.05) is 0 Å². The van der Waals surface area contributed by atoms with Crippen LogP contribution in [0.15, 0.2) is 48.5 Å². The van der Waals surface area contributed by atoms with Crippen LogP contribution in [0.1, 0.15) is 55.7 Å². The van der Waals surface area contributed by atoms with Crippen LogP contribution in [0, 0.1) is 0 Å². The Labute approximate surface area is 154 Å². The van der Waals surface area contributed by atoms with Crippen LogP contribution in [-0.4, -0.2) is 6.36 Å². The minimum absolute atomic E-state index is 0.176. The second-order valence-corrected chi connectivity index (χ2v) is 6.67. The van der Waals surface area contributed by atoms with Gasteiger partial charge < -0.3 is 4.74 Å². The molecule has 0 aliphatic rings. The molecule has 0 bridgehead atoms. The maximum absolute atomic E-state index is 12.2. The molecule has 1 nitrogen and oxygen atoms in total. The van der Waals surface area contributed by atoms with E-state index >= 15 is 0 Å². The van der Waals surface area contributed by atoms with Gasteiger partial charge in [0.25, 0.3) is 0 Å². The van der Waals surface area contributed by atoms with E-state index in [0.717, 1.165) is 24.8 Å². The van der Waals surface area contributed by atoms with E-state index in [2.05, 4.69) is 35.9 Å². The summed E-state index contributed by atoms with van der Waals surface area (Å²) in [5.41, 5.74) is 3.62. The third kappa shape index (κ3) is 7.94. The van der Waals surface area contributed by atoms with Crippen LogP contribution in [0.5, 0.6) is 5.75 Å². The number of alkyl halides is 3. The molecule has 2 rings (SSSR count). The lowest BCUT2D eigenvalue weighted by Gasteiger charge is -2.09. The van der Waals surface area contributed by atoms with Crippen molar-refractivity contribution in [3.05, 3.63) is 65.2 Å². The molecule has 0 N–H and O–H groups in total. The Hall–Kier alpha value is -1.97. The van der Waals surface area contributed by atoms with Crippen LogP contribution in [-0.2, 0) is 19.3 Å². The first-order valence-corrected chi connectivity index (χ1v) is 9.39. The summed E-state index contributed by atoms with van der Waals surface area (Å²) >= 11 is 0. The normalized spacial score (nSPS) is 11.5. The van der Waals surface area contributed by atoms with Crippen molar-refractivity contribution in [2.24, 2.45) is 0 Å². The Morgan fingerprint density at radius 3 is 1.62 bits per heavy atom. The molecule has 0 atom stereocenters. The highest BCUT2D eigenvalue weighted by Gasteiger charge is 2.30. The molecular weight excluding hydrogens is 337 g/mol. The monoisotopic (exact) mass is 364 g/mol. The summed E-state index contributed by atoms with van der Waals surface area (Å²) in [6.07, 6.45) is 4.61. The fourth-order valence-electron chi connectivity index (χ4n) is 2.95. The molecule has 26 heavy (non-hydrogen) atoms. The standard InChI is InChI=1S/C22H27F3O/c1-2-3-4-5-6-7-18-8-10-19(11-9-18)12-13-20-14-16-21(17-15-20)26-22(23,24)25/h8-11,14-17H,2-7,12-13H2,1H3. The lowest BCUT2D eigenvalue weighted by Crippen LogP contribution is -2.17. The Balaban J connectivity index is 1.75. The van der Waals surface area contributed by atoms with Gasteiger partial charge in [-0.1, -0.05) is 69.0 Å². The second-order valence-electron chi connectivity index (χ2n) is 6.67. The van der Waals surface area contributed by atoms with E-state index in [4.69, 9.17) is 0 Å². The summed E-state index contributed by atoms with van der Waals surface area (Å²) in [4.78, 5) is 0. The van der Waals surface area contributed by atoms with Gasteiger partial charge in [0.05, 0.1) is 0 Å². The number of benzene rings is 2. The first-order chi connectivity index (χ1) is 12.5. The molecule has 2 aromatic rings. The SMILES string of the molecule is CCCCCCCc1ccc(CCc2ccc(OC(F)(F)F)cc2)cc1. The average molecular weight is 364 g/mol. The van der Waals surface area contributed by atoms with Crippen molar-refractivity contribution >= 4 is 0 Å². The van der Waals surface area contributed by atoms with Crippen molar-refractivity contribution in [1.29, 1.82) is 0 Å². The molecule has 0 spiro atoms. The van der Waals surface area contributed by atoms with E-state index < -0.39 is 6.36 Å². The zero-order valence-electron chi connectivity index (χ0n) is 15.3. The number of hydrogen-bond acceptors (Lipinski definition) is 1. The molecule has 0 aromatic heterocycles. The van der Waals surface area contributed by atoms with E-state index in [0.29, 0.717) is 0 Å². The predicted octanol–water partition coefficient (Wildman–Crippen LogP) is 6.88. The Morgan fingerprint density at radius 2 is 1.12 bits per heavy atom. The van der Waals surface area contributed by atoms with Gasteiger partial charge in [0.15, 0.2) is 0 Å². The van der Waals surface area contributed by atoms with Crippen LogP contribution < -0.4 is 4.74 Å². The highest BCUT2D eigenvalue weighted by Crippen LogP contribution is 2.23. The third-order valence-corrected chi connectivity index (χ3v) is 4.45. The molecule has 2 aromatic carbocycles. The summed E-state index contributed by atoms with van der Waals surface area (Å²) in [7, 11) is 0.